The highest BCUT2D eigenvalue weighted by molar-refractivity contribution is 7.98. The van der Waals surface area contributed by atoms with Crippen LogP contribution in [0.25, 0.3) is 11.0 Å². The molecule has 0 aliphatic carbocycles. The fraction of sp³-hybridized carbons (Fsp3) is 0.429. The molecule has 0 radical (unpaired) electrons. The molecule has 0 atom stereocenters. The molecule has 0 bridgehead atoms. The van der Waals surface area contributed by atoms with Crippen LogP contribution in [0.1, 0.15) is 6.92 Å². The highest BCUT2D eigenvalue weighted by Gasteiger charge is 2.13. The van der Waals surface area contributed by atoms with Crippen molar-refractivity contribution in [2.75, 3.05) is 51.6 Å². The molecule has 0 aliphatic heterocycles. The average molecular weight is 461 g/mol. The summed E-state index contributed by atoms with van der Waals surface area (Å²) < 4.78 is 17.9. The zero-order valence-corrected chi connectivity index (χ0v) is 19.3. The van der Waals surface area contributed by atoms with Gasteiger partial charge in [0.15, 0.2) is 28.9 Å². The van der Waals surface area contributed by atoms with Crippen LogP contribution in [0, 0.1) is 0 Å². The van der Waals surface area contributed by atoms with E-state index in [-0.39, 0.29) is 12.5 Å². The molecule has 2 N–H and O–H groups in total. The molecule has 1 amide bonds. The summed E-state index contributed by atoms with van der Waals surface area (Å²) >= 11 is 1.46. The van der Waals surface area contributed by atoms with Gasteiger partial charge in [0.1, 0.15) is 5.82 Å². The van der Waals surface area contributed by atoms with Gasteiger partial charge in [-0.05, 0) is 25.3 Å². The van der Waals surface area contributed by atoms with E-state index in [2.05, 4.69) is 25.7 Å². The van der Waals surface area contributed by atoms with Gasteiger partial charge in [-0.25, -0.2) is 14.6 Å². The standard InChI is InChI=1S/C21H28N6O4S/c1-4-30-12-10-23-19-15-13-24-27(20(15)26-21(25-19)32-3)11-9-22-18(28)14-31-17-8-6-5-7-16(17)29-2/h5-8,13H,4,9-12,14H2,1-3H3,(H,22,28)(H,23,25,26). The number of ether oxygens (including phenoxy) is 3. The number of aromatic nitrogens is 4. The molecule has 0 fully saturated rings. The van der Waals surface area contributed by atoms with Gasteiger partial charge >= 0.3 is 0 Å². The summed E-state index contributed by atoms with van der Waals surface area (Å²) in [6.45, 7) is 4.61. The van der Waals surface area contributed by atoms with Crippen LogP contribution in [0.5, 0.6) is 11.5 Å². The van der Waals surface area contributed by atoms with Crippen LogP contribution < -0.4 is 20.1 Å². The van der Waals surface area contributed by atoms with E-state index in [1.165, 1.54) is 11.8 Å². The Morgan fingerprint density at radius 2 is 2.00 bits per heavy atom. The first-order valence-corrected chi connectivity index (χ1v) is 11.5. The quantitative estimate of drug-likeness (QED) is 0.225. The molecular formula is C21H28N6O4S. The number of fused-ring (bicyclic) bond motifs is 1. The molecule has 2 heterocycles. The van der Waals surface area contributed by atoms with Crippen molar-refractivity contribution in [3.63, 3.8) is 0 Å². The van der Waals surface area contributed by atoms with E-state index in [0.29, 0.717) is 55.2 Å². The van der Waals surface area contributed by atoms with Gasteiger partial charge in [-0.3, -0.25) is 4.79 Å². The third kappa shape index (κ3) is 6.24. The minimum absolute atomic E-state index is 0.104. The first-order chi connectivity index (χ1) is 15.7. The second-order valence-corrected chi connectivity index (χ2v) is 7.35. The molecule has 1 aromatic carbocycles. The van der Waals surface area contributed by atoms with Gasteiger partial charge in [-0.1, -0.05) is 23.9 Å². The van der Waals surface area contributed by atoms with Crippen LogP contribution in [-0.2, 0) is 16.1 Å². The number of para-hydroxylation sites is 2. The maximum absolute atomic E-state index is 12.2. The average Bonchev–Trinajstić information content (AvgIpc) is 3.23. The number of nitrogens with zero attached hydrogens (tertiary/aromatic N) is 4. The number of hydrogen-bond donors (Lipinski definition) is 2. The molecule has 32 heavy (non-hydrogen) atoms. The number of carbonyl (C=O) groups excluding carboxylic acids is 1. The highest BCUT2D eigenvalue weighted by atomic mass is 32.2. The van der Waals surface area contributed by atoms with Crippen molar-refractivity contribution in [3.05, 3.63) is 30.5 Å². The van der Waals surface area contributed by atoms with E-state index in [1.54, 1.807) is 30.1 Å². The number of amides is 1. The number of nitrogens with one attached hydrogen (secondary N) is 2. The van der Waals surface area contributed by atoms with Gasteiger partial charge in [0.25, 0.3) is 5.91 Å². The van der Waals surface area contributed by atoms with E-state index in [0.717, 1.165) is 11.2 Å². The molecule has 0 saturated heterocycles. The van der Waals surface area contributed by atoms with Crippen LogP contribution >= 0.6 is 11.8 Å². The Morgan fingerprint density at radius 3 is 2.75 bits per heavy atom. The van der Waals surface area contributed by atoms with Crippen LogP contribution in [0.4, 0.5) is 5.82 Å². The van der Waals surface area contributed by atoms with E-state index < -0.39 is 0 Å². The Bertz CT molecular complexity index is 1030. The fourth-order valence-electron chi connectivity index (χ4n) is 2.94. The summed E-state index contributed by atoms with van der Waals surface area (Å²) in [5.41, 5.74) is 0.711. The van der Waals surface area contributed by atoms with Gasteiger partial charge in [0.05, 0.1) is 31.8 Å². The third-order valence-corrected chi connectivity index (χ3v) is 5.02. The number of benzene rings is 1. The van der Waals surface area contributed by atoms with Gasteiger partial charge in [-0.2, -0.15) is 5.10 Å². The first-order valence-electron chi connectivity index (χ1n) is 10.3. The van der Waals surface area contributed by atoms with E-state index in [9.17, 15) is 4.79 Å². The summed E-state index contributed by atoms with van der Waals surface area (Å²) in [5.74, 6) is 1.59. The lowest BCUT2D eigenvalue weighted by Crippen LogP contribution is -2.31. The Kier molecular flexibility index (Phi) is 8.93. The molecule has 10 nitrogen and oxygen atoms in total. The van der Waals surface area contributed by atoms with Crippen LogP contribution in [0.3, 0.4) is 0 Å². The maximum atomic E-state index is 12.2. The first kappa shape index (κ1) is 23.6. The summed E-state index contributed by atoms with van der Waals surface area (Å²) in [5, 5.41) is 12.0. The van der Waals surface area contributed by atoms with Crippen LogP contribution in [0.2, 0.25) is 0 Å². The molecule has 172 valence electrons. The van der Waals surface area contributed by atoms with Crippen LogP contribution in [0.15, 0.2) is 35.6 Å². The molecule has 0 spiro atoms. The zero-order valence-electron chi connectivity index (χ0n) is 18.5. The SMILES string of the molecule is CCOCCNc1nc(SC)nc2c1cnn2CCNC(=O)COc1ccccc1OC. The molecule has 0 saturated carbocycles. The van der Waals surface area contributed by atoms with Gasteiger partial charge < -0.3 is 24.8 Å². The maximum Gasteiger partial charge on any atom is 0.258 e. The number of thioether (sulfide) groups is 1. The molecule has 2 aromatic heterocycles. The topological polar surface area (TPSA) is 112 Å². The molecular weight excluding hydrogens is 432 g/mol. The number of hydrogen-bond acceptors (Lipinski definition) is 9. The number of carbonyl (C=O) groups is 1. The molecule has 0 aliphatic rings. The summed E-state index contributed by atoms with van der Waals surface area (Å²) in [6.07, 6.45) is 3.66. The zero-order chi connectivity index (χ0) is 22.8. The fourth-order valence-corrected chi connectivity index (χ4v) is 3.30. The lowest BCUT2D eigenvalue weighted by Gasteiger charge is -2.11. The molecule has 0 unspecified atom stereocenters. The predicted octanol–water partition coefficient (Wildman–Crippen LogP) is 2.20. The van der Waals surface area contributed by atoms with Crippen molar-refractivity contribution in [2.24, 2.45) is 0 Å². The van der Waals surface area contributed by atoms with Gasteiger partial charge in [0.2, 0.25) is 0 Å². The Balaban J connectivity index is 1.57. The van der Waals surface area contributed by atoms with Gasteiger partial charge in [-0.15, -0.1) is 0 Å². The van der Waals surface area contributed by atoms with Crippen molar-refractivity contribution >= 4 is 34.5 Å². The van der Waals surface area contributed by atoms with Crippen molar-refractivity contribution < 1.29 is 19.0 Å². The third-order valence-electron chi connectivity index (χ3n) is 4.47. The lowest BCUT2D eigenvalue weighted by atomic mass is 10.3. The second-order valence-electron chi connectivity index (χ2n) is 6.58. The smallest absolute Gasteiger partial charge is 0.258 e. The Labute approximate surface area is 191 Å². The Morgan fingerprint density at radius 1 is 1.19 bits per heavy atom. The molecule has 3 aromatic rings. The predicted molar refractivity (Wildman–Crippen MR) is 124 cm³/mol. The molecule has 3 rings (SSSR count). The number of methoxy groups -OCH3 is 1. The second kappa shape index (κ2) is 12.1. The summed E-state index contributed by atoms with van der Waals surface area (Å²) in [6, 6.07) is 7.20. The van der Waals surface area contributed by atoms with Crippen molar-refractivity contribution in [1.82, 2.24) is 25.1 Å². The summed E-state index contributed by atoms with van der Waals surface area (Å²) in [7, 11) is 1.56. The van der Waals surface area contributed by atoms with Crippen molar-refractivity contribution in [3.8, 4) is 11.5 Å². The Hall–Kier alpha value is -3.05. The monoisotopic (exact) mass is 460 g/mol. The lowest BCUT2D eigenvalue weighted by molar-refractivity contribution is -0.123. The highest BCUT2D eigenvalue weighted by Crippen LogP contribution is 2.25. The van der Waals surface area contributed by atoms with E-state index in [1.807, 2.05) is 25.3 Å². The van der Waals surface area contributed by atoms with Crippen molar-refractivity contribution in [2.45, 2.75) is 18.6 Å². The van der Waals surface area contributed by atoms with Gasteiger partial charge in [0, 0.05) is 19.7 Å². The molecule has 11 heteroatoms. The van der Waals surface area contributed by atoms with Crippen LogP contribution in [-0.4, -0.2) is 71.9 Å². The minimum Gasteiger partial charge on any atom is -0.493 e. The minimum atomic E-state index is -0.231. The van der Waals surface area contributed by atoms with E-state index in [4.69, 9.17) is 14.2 Å². The normalized spacial score (nSPS) is 10.8. The van der Waals surface area contributed by atoms with Crippen molar-refractivity contribution in [1.29, 1.82) is 0 Å². The number of anilines is 1. The largest absolute Gasteiger partial charge is 0.493 e. The van der Waals surface area contributed by atoms with E-state index >= 15 is 0 Å². The summed E-state index contributed by atoms with van der Waals surface area (Å²) in [4.78, 5) is 21.3. The number of rotatable bonds is 13.